The van der Waals surface area contributed by atoms with E-state index >= 15 is 0 Å². The number of thiophene rings is 1. The van der Waals surface area contributed by atoms with Gasteiger partial charge < -0.3 is 15.5 Å². The van der Waals surface area contributed by atoms with E-state index in [1.54, 1.807) is 22.4 Å². The second-order valence-corrected chi connectivity index (χ2v) is 8.06. The third-order valence-electron chi connectivity index (χ3n) is 3.92. The molecule has 1 fully saturated rings. The Morgan fingerprint density at radius 3 is 3.04 bits per heavy atom. The molecule has 0 saturated carbocycles. The van der Waals surface area contributed by atoms with Crippen molar-refractivity contribution >= 4 is 39.7 Å². The molecule has 3 heterocycles. The Balaban J connectivity index is 1.51. The average molecular weight is 364 g/mol. The van der Waals surface area contributed by atoms with E-state index in [9.17, 15) is 9.59 Å². The highest BCUT2D eigenvalue weighted by Gasteiger charge is 2.28. The van der Waals surface area contributed by atoms with Gasteiger partial charge in [-0.05, 0) is 31.2 Å². The molecular weight excluding hydrogens is 344 g/mol. The molecule has 3 rings (SSSR count). The number of carbonyl (C=O) groups is 2. The van der Waals surface area contributed by atoms with Crippen molar-refractivity contribution in [2.75, 3.05) is 18.4 Å². The first kappa shape index (κ1) is 16.9. The molecule has 1 unspecified atom stereocenters. The number of nitrogens with zero attached hydrogens (tertiary/aromatic N) is 2. The van der Waals surface area contributed by atoms with Crippen molar-refractivity contribution in [1.82, 2.24) is 15.2 Å². The Morgan fingerprint density at radius 1 is 1.46 bits per heavy atom. The van der Waals surface area contributed by atoms with Gasteiger partial charge in [-0.25, -0.2) is 9.78 Å². The maximum absolute atomic E-state index is 12.4. The Bertz CT molecular complexity index is 699. The van der Waals surface area contributed by atoms with Crippen molar-refractivity contribution in [3.05, 3.63) is 33.5 Å². The van der Waals surface area contributed by atoms with Crippen molar-refractivity contribution in [3.63, 3.8) is 0 Å². The largest absolute Gasteiger partial charge is 0.333 e. The van der Waals surface area contributed by atoms with Gasteiger partial charge in [0.15, 0.2) is 5.13 Å². The van der Waals surface area contributed by atoms with Crippen LogP contribution in [0.2, 0.25) is 0 Å². The van der Waals surface area contributed by atoms with Gasteiger partial charge in [0.2, 0.25) is 5.91 Å². The maximum atomic E-state index is 12.4. The topological polar surface area (TPSA) is 74.3 Å². The minimum atomic E-state index is -0.185. The molecule has 2 aromatic heterocycles. The summed E-state index contributed by atoms with van der Waals surface area (Å²) in [4.78, 5) is 32.8. The number of urea groups is 1. The van der Waals surface area contributed by atoms with E-state index < -0.39 is 0 Å². The fraction of sp³-hybridized carbons (Fsp3) is 0.438. The van der Waals surface area contributed by atoms with Crippen LogP contribution in [0.4, 0.5) is 9.93 Å². The first-order chi connectivity index (χ1) is 11.6. The number of amides is 3. The number of rotatable bonds is 4. The second kappa shape index (κ2) is 7.76. The number of nitrogens with one attached hydrogen (secondary N) is 2. The highest BCUT2D eigenvalue weighted by atomic mass is 32.1. The van der Waals surface area contributed by atoms with Crippen LogP contribution in [-0.4, -0.2) is 34.9 Å². The van der Waals surface area contributed by atoms with Crippen molar-refractivity contribution in [1.29, 1.82) is 0 Å². The fourth-order valence-electron chi connectivity index (χ4n) is 2.68. The number of carbonyl (C=O) groups excluding carboxylic acids is 2. The molecule has 1 atom stereocenters. The van der Waals surface area contributed by atoms with E-state index in [-0.39, 0.29) is 17.9 Å². The molecule has 0 bridgehead atoms. The third-order valence-corrected chi connectivity index (χ3v) is 5.63. The molecule has 8 heteroatoms. The molecule has 24 heavy (non-hydrogen) atoms. The summed E-state index contributed by atoms with van der Waals surface area (Å²) in [6.45, 7) is 3.62. The minimum Gasteiger partial charge on any atom is -0.333 e. The number of hydrogen-bond acceptors (Lipinski definition) is 5. The van der Waals surface area contributed by atoms with Crippen LogP contribution < -0.4 is 10.6 Å². The summed E-state index contributed by atoms with van der Waals surface area (Å²) in [6, 6.07) is 3.85. The van der Waals surface area contributed by atoms with Gasteiger partial charge >= 0.3 is 6.03 Å². The molecule has 6 nitrogen and oxygen atoms in total. The monoisotopic (exact) mass is 364 g/mol. The van der Waals surface area contributed by atoms with Gasteiger partial charge in [0, 0.05) is 29.0 Å². The van der Waals surface area contributed by atoms with Crippen molar-refractivity contribution < 1.29 is 9.59 Å². The van der Waals surface area contributed by atoms with Gasteiger partial charge in [0.05, 0.1) is 12.5 Å². The van der Waals surface area contributed by atoms with Crippen LogP contribution in [0.1, 0.15) is 22.6 Å². The predicted octanol–water partition coefficient (Wildman–Crippen LogP) is 3.07. The molecule has 3 amide bonds. The van der Waals surface area contributed by atoms with Crippen LogP contribution in [0.5, 0.6) is 0 Å². The van der Waals surface area contributed by atoms with E-state index in [2.05, 4.69) is 15.6 Å². The lowest BCUT2D eigenvalue weighted by Gasteiger charge is -2.31. The highest BCUT2D eigenvalue weighted by Crippen LogP contribution is 2.21. The number of aromatic nitrogens is 1. The third kappa shape index (κ3) is 4.33. The predicted molar refractivity (Wildman–Crippen MR) is 96.3 cm³/mol. The summed E-state index contributed by atoms with van der Waals surface area (Å²) in [5.74, 6) is -0.240. The standard InChI is InChI=1S/C16H20N4O2S2/c1-11-8-17-15(24-11)19-14(21)12-4-2-6-20(10-12)16(22)18-9-13-5-3-7-23-13/h3,5,7-8,12H,2,4,6,9-10H2,1H3,(H,18,22)(H,17,19,21). The van der Waals surface area contributed by atoms with E-state index in [0.717, 1.165) is 22.6 Å². The number of hydrogen-bond donors (Lipinski definition) is 2. The summed E-state index contributed by atoms with van der Waals surface area (Å²) in [5, 5.41) is 8.39. The summed E-state index contributed by atoms with van der Waals surface area (Å²) >= 11 is 3.08. The molecule has 1 aliphatic heterocycles. The van der Waals surface area contributed by atoms with Gasteiger partial charge in [-0.15, -0.1) is 22.7 Å². The number of piperidine rings is 1. The van der Waals surface area contributed by atoms with Crippen molar-refractivity contribution in [2.45, 2.75) is 26.3 Å². The van der Waals surface area contributed by atoms with E-state index in [4.69, 9.17) is 0 Å². The van der Waals surface area contributed by atoms with E-state index in [1.165, 1.54) is 11.3 Å². The first-order valence-corrected chi connectivity index (χ1v) is 9.60. The molecule has 2 aromatic rings. The summed E-state index contributed by atoms with van der Waals surface area (Å²) < 4.78 is 0. The van der Waals surface area contributed by atoms with Gasteiger partial charge in [0.25, 0.3) is 0 Å². The Hall–Kier alpha value is -1.93. The van der Waals surface area contributed by atoms with Gasteiger partial charge in [-0.1, -0.05) is 6.07 Å². The summed E-state index contributed by atoms with van der Waals surface area (Å²) in [6.07, 6.45) is 3.37. The van der Waals surface area contributed by atoms with Crippen LogP contribution in [0.3, 0.4) is 0 Å². The summed E-state index contributed by atoms with van der Waals surface area (Å²) in [5.41, 5.74) is 0. The molecule has 0 aliphatic carbocycles. The van der Waals surface area contributed by atoms with Gasteiger partial charge in [0.1, 0.15) is 0 Å². The first-order valence-electron chi connectivity index (χ1n) is 7.90. The fourth-order valence-corrected chi connectivity index (χ4v) is 4.00. The normalized spacial score (nSPS) is 17.5. The molecule has 1 aliphatic rings. The van der Waals surface area contributed by atoms with Gasteiger partial charge in [-0.2, -0.15) is 0 Å². The van der Waals surface area contributed by atoms with Crippen LogP contribution >= 0.6 is 22.7 Å². The van der Waals surface area contributed by atoms with Crippen LogP contribution in [-0.2, 0) is 11.3 Å². The number of likely N-dealkylation sites (tertiary alicyclic amines) is 1. The van der Waals surface area contributed by atoms with Crippen molar-refractivity contribution in [3.8, 4) is 0 Å². The zero-order valence-electron chi connectivity index (χ0n) is 13.4. The number of anilines is 1. The molecule has 128 valence electrons. The SMILES string of the molecule is Cc1cnc(NC(=O)C2CCCN(C(=O)NCc3cccs3)C2)s1. The lowest BCUT2D eigenvalue weighted by Crippen LogP contribution is -2.47. The maximum Gasteiger partial charge on any atom is 0.317 e. The van der Waals surface area contributed by atoms with Gasteiger partial charge in [-0.3, -0.25) is 4.79 Å². The van der Waals surface area contributed by atoms with Crippen LogP contribution in [0, 0.1) is 12.8 Å². The van der Waals surface area contributed by atoms with E-state index in [0.29, 0.717) is 24.8 Å². The smallest absolute Gasteiger partial charge is 0.317 e. The lowest BCUT2D eigenvalue weighted by molar-refractivity contribution is -0.121. The molecule has 2 N–H and O–H groups in total. The molecule has 1 saturated heterocycles. The highest BCUT2D eigenvalue weighted by molar-refractivity contribution is 7.15. The molecule has 0 aromatic carbocycles. The minimum absolute atomic E-state index is 0.0555. The average Bonchev–Trinajstić information content (AvgIpc) is 3.24. The summed E-state index contributed by atoms with van der Waals surface area (Å²) in [7, 11) is 0. The molecule has 0 spiro atoms. The Labute approximate surface area is 148 Å². The Kier molecular flexibility index (Phi) is 5.47. The zero-order valence-corrected chi connectivity index (χ0v) is 15.1. The quantitative estimate of drug-likeness (QED) is 0.875. The zero-order chi connectivity index (χ0) is 16.9. The molecular formula is C16H20N4O2S2. The van der Waals surface area contributed by atoms with Crippen molar-refractivity contribution in [2.24, 2.45) is 5.92 Å². The Morgan fingerprint density at radius 2 is 2.33 bits per heavy atom. The number of aryl methyl sites for hydroxylation is 1. The number of thiazole rings is 1. The molecule has 0 radical (unpaired) electrons. The van der Waals surface area contributed by atoms with E-state index in [1.807, 2.05) is 24.4 Å². The van der Waals surface area contributed by atoms with Crippen LogP contribution in [0.25, 0.3) is 0 Å². The lowest BCUT2D eigenvalue weighted by atomic mass is 9.97. The van der Waals surface area contributed by atoms with Crippen LogP contribution in [0.15, 0.2) is 23.7 Å². The second-order valence-electron chi connectivity index (χ2n) is 5.79.